The summed E-state index contributed by atoms with van der Waals surface area (Å²) in [4.78, 5) is 45.4. The number of morpholine rings is 1. The zero-order valence-electron chi connectivity index (χ0n) is 23.0. The lowest BCUT2D eigenvalue weighted by Crippen LogP contribution is -2.39. The number of benzene rings is 2. The topological polar surface area (TPSA) is 126 Å². The molecule has 0 spiro atoms. The van der Waals surface area contributed by atoms with Crippen molar-refractivity contribution in [3.63, 3.8) is 0 Å². The number of carbonyl (C=O) groups is 1. The molecule has 3 aromatic rings. The molecule has 0 saturated carbocycles. The van der Waals surface area contributed by atoms with Gasteiger partial charge in [0.1, 0.15) is 11.4 Å². The van der Waals surface area contributed by atoms with Crippen molar-refractivity contribution in [3.05, 3.63) is 94.7 Å². The first-order valence-corrected chi connectivity index (χ1v) is 14.2. The van der Waals surface area contributed by atoms with E-state index in [9.17, 15) is 19.7 Å². The van der Waals surface area contributed by atoms with Crippen LogP contribution in [0.15, 0.2) is 63.5 Å². The standard InChI is InChI=1S/C29H30N4O7S/c1-4-39-21-9-7-20(8-10-21)26-25(28(35)40-5-2)18(3)30-29-32(26)27(34)24(41-29)17-19-6-11-22(23(16-19)33(36)37)31-12-14-38-15-13-31/h6-11,16-17,26H,4-5,12-15H2,1-3H3/b24-17+/t26-/m1/s1. The molecule has 0 aliphatic carbocycles. The molecular weight excluding hydrogens is 548 g/mol. The van der Waals surface area contributed by atoms with Gasteiger partial charge in [-0.2, -0.15) is 0 Å². The van der Waals surface area contributed by atoms with Gasteiger partial charge in [0.05, 0.1) is 53.2 Å². The lowest BCUT2D eigenvalue weighted by atomic mass is 9.96. The Morgan fingerprint density at radius 3 is 2.56 bits per heavy atom. The van der Waals surface area contributed by atoms with Crippen LogP contribution in [0, 0.1) is 10.1 Å². The molecule has 1 aromatic heterocycles. The number of nitro benzene ring substituents is 1. The van der Waals surface area contributed by atoms with Crippen LogP contribution in [0.3, 0.4) is 0 Å². The van der Waals surface area contributed by atoms with Crippen molar-refractivity contribution < 1.29 is 23.9 Å². The predicted molar refractivity (Wildman–Crippen MR) is 154 cm³/mol. The van der Waals surface area contributed by atoms with E-state index in [1.807, 2.05) is 24.0 Å². The molecule has 1 fully saturated rings. The Bertz CT molecular complexity index is 1690. The molecule has 214 valence electrons. The highest BCUT2D eigenvalue weighted by atomic mass is 32.1. The molecule has 0 bridgehead atoms. The maximum atomic E-state index is 13.9. The van der Waals surface area contributed by atoms with Gasteiger partial charge in [-0.25, -0.2) is 9.79 Å². The molecule has 0 N–H and O–H groups in total. The highest BCUT2D eigenvalue weighted by Gasteiger charge is 2.33. The van der Waals surface area contributed by atoms with Crippen molar-refractivity contribution in [2.24, 2.45) is 4.99 Å². The van der Waals surface area contributed by atoms with Crippen LogP contribution >= 0.6 is 11.3 Å². The van der Waals surface area contributed by atoms with Crippen molar-refractivity contribution in [1.29, 1.82) is 0 Å². The van der Waals surface area contributed by atoms with Crippen LogP contribution in [0.5, 0.6) is 5.75 Å². The van der Waals surface area contributed by atoms with Gasteiger partial charge in [-0.15, -0.1) is 0 Å². The molecule has 1 atom stereocenters. The Kier molecular flexibility index (Phi) is 8.31. The van der Waals surface area contributed by atoms with Crippen molar-refractivity contribution >= 4 is 34.8 Å². The number of hydrogen-bond acceptors (Lipinski definition) is 10. The van der Waals surface area contributed by atoms with Gasteiger partial charge in [0, 0.05) is 19.2 Å². The van der Waals surface area contributed by atoms with E-state index in [0.29, 0.717) is 70.5 Å². The van der Waals surface area contributed by atoms with Gasteiger partial charge < -0.3 is 19.1 Å². The number of nitrogens with zero attached hydrogens (tertiary/aromatic N) is 4. The molecule has 0 amide bonds. The SMILES string of the molecule is CCOC(=O)C1=C(C)N=c2s/c(=C/c3ccc(N4CCOCC4)c([N+](=O)[O-])c3)c(=O)n2[C@@H]1c1ccc(OCC)cc1. The first kappa shape index (κ1) is 28.2. The van der Waals surface area contributed by atoms with Crippen LogP contribution in [0.25, 0.3) is 6.08 Å². The molecule has 41 heavy (non-hydrogen) atoms. The minimum Gasteiger partial charge on any atom is -0.494 e. The van der Waals surface area contributed by atoms with E-state index >= 15 is 0 Å². The molecule has 2 aromatic carbocycles. The monoisotopic (exact) mass is 578 g/mol. The normalized spacial score (nSPS) is 17.2. The minimum atomic E-state index is -0.763. The van der Waals surface area contributed by atoms with E-state index in [2.05, 4.69) is 4.99 Å². The molecular formula is C29H30N4O7S. The summed E-state index contributed by atoms with van der Waals surface area (Å²) in [5.41, 5.74) is 2.06. The average molecular weight is 579 g/mol. The van der Waals surface area contributed by atoms with Crippen molar-refractivity contribution in [1.82, 2.24) is 4.57 Å². The number of hydrogen-bond donors (Lipinski definition) is 0. The van der Waals surface area contributed by atoms with E-state index < -0.39 is 16.9 Å². The number of ether oxygens (including phenoxy) is 3. The number of rotatable bonds is 8. The Hall–Kier alpha value is -4.29. The maximum absolute atomic E-state index is 13.9. The van der Waals surface area contributed by atoms with Gasteiger partial charge in [0.2, 0.25) is 0 Å². The third kappa shape index (κ3) is 5.66. The quantitative estimate of drug-likeness (QED) is 0.227. The van der Waals surface area contributed by atoms with Crippen LogP contribution in [0.2, 0.25) is 0 Å². The molecule has 11 nitrogen and oxygen atoms in total. The summed E-state index contributed by atoms with van der Waals surface area (Å²) in [7, 11) is 0. The lowest BCUT2D eigenvalue weighted by Gasteiger charge is -2.28. The molecule has 5 rings (SSSR count). The molecule has 0 radical (unpaired) electrons. The van der Waals surface area contributed by atoms with Gasteiger partial charge in [0.25, 0.3) is 11.2 Å². The fourth-order valence-electron chi connectivity index (χ4n) is 5.02. The number of allylic oxidation sites excluding steroid dienone is 1. The first-order valence-electron chi connectivity index (χ1n) is 13.4. The fourth-order valence-corrected chi connectivity index (χ4v) is 6.07. The van der Waals surface area contributed by atoms with Gasteiger partial charge in [-0.3, -0.25) is 19.5 Å². The van der Waals surface area contributed by atoms with Crippen LogP contribution in [0.4, 0.5) is 11.4 Å². The zero-order chi connectivity index (χ0) is 29.1. The Balaban J connectivity index is 1.62. The van der Waals surface area contributed by atoms with Gasteiger partial charge >= 0.3 is 5.97 Å². The van der Waals surface area contributed by atoms with Gasteiger partial charge in [0.15, 0.2) is 4.80 Å². The number of carbonyl (C=O) groups excluding carboxylic acids is 1. The van der Waals surface area contributed by atoms with E-state index in [4.69, 9.17) is 14.2 Å². The Morgan fingerprint density at radius 2 is 1.90 bits per heavy atom. The molecule has 2 aliphatic rings. The summed E-state index contributed by atoms with van der Waals surface area (Å²) in [6, 6.07) is 11.4. The number of anilines is 1. The highest BCUT2D eigenvalue weighted by molar-refractivity contribution is 7.07. The van der Waals surface area contributed by atoms with E-state index in [-0.39, 0.29) is 23.4 Å². The second-order valence-electron chi connectivity index (χ2n) is 9.41. The van der Waals surface area contributed by atoms with Crippen molar-refractivity contribution in [3.8, 4) is 5.75 Å². The number of fused-ring (bicyclic) bond motifs is 1. The van der Waals surface area contributed by atoms with E-state index in [1.54, 1.807) is 44.2 Å². The summed E-state index contributed by atoms with van der Waals surface area (Å²) in [5.74, 6) is 0.125. The lowest BCUT2D eigenvalue weighted by molar-refractivity contribution is -0.384. The van der Waals surface area contributed by atoms with Crippen molar-refractivity contribution in [2.75, 3.05) is 44.4 Å². The number of esters is 1. The first-order chi connectivity index (χ1) is 19.8. The maximum Gasteiger partial charge on any atom is 0.338 e. The number of nitro groups is 1. The summed E-state index contributed by atoms with van der Waals surface area (Å²) >= 11 is 1.16. The summed E-state index contributed by atoms with van der Waals surface area (Å²) in [6.45, 7) is 8.14. The zero-order valence-corrected chi connectivity index (χ0v) is 23.8. The Morgan fingerprint density at radius 1 is 1.17 bits per heavy atom. The number of aromatic nitrogens is 1. The van der Waals surface area contributed by atoms with Crippen LogP contribution in [-0.4, -0.2) is 55.0 Å². The molecule has 12 heteroatoms. The minimum absolute atomic E-state index is 0.0406. The Labute approximate surface area is 239 Å². The average Bonchev–Trinajstić information content (AvgIpc) is 3.27. The predicted octanol–water partition coefficient (Wildman–Crippen LogP) is 2.94. The number of thiazole rings is 1. The van der Waals surface area contributed by atoms with Gasteiger partial charge in [-0.05, 0) is 56.2 Å². The molecule has 2 aliphatic heterocycles. The molecule has 3 heterocycles. The third-order valence-electron chi connectivity index (χ3n) is 6.87. The van der Waals surface area contributed by atoms with E-state index in [0.717, 1.165) is 11.3 Å². The smallest absolute Gasteiger partial charge is 0.338 e. The van der Waals surface area contributed by atoms with Crippen molar-refractivity contribution in [2.45, 2.75) is 26.8 Å². The molecule has 0 unspecified atom stereocenters. The third-order valence-corrected chi connectivity index (χ3v) is 7.85. The second-order valence-corrected chi connectivity index (χ2v) is 10.4. The van der Waals surface area contributed by atoms with Crippen LogP contribution in [0.1, 0.15) is 37.9 Å². The van der Waals surface area contributed by atoms with Gasteiger partial charge in [-0.1, -0.05) is 29.5 Å². The van der Waals surface area contributed by atoms with Crippen LogP contribution < -0.4 is 24.5 Å². The van der Waals surface area contributed by atoms with E-state index in [1.165, 1.54) is 10.6 Å². The fraction of sp³-hybridized carbons (Fsp3) is 0.345. The van der Waals surface area contributed by atoms with Crippen LogP contribution in [-0.2, 0) is 14.3 Å². The summed E-state index contributed by atoms with van der Waals surface area (Å²) in [5, 5.41) is 11.9. The summed E-state index contributed by atoms with van der Waals surface area (Å²) < 4.78 is 18.1. The summed E-state index contributed by atoms with van der Waals surface area (Å²) in [6.07, 6.45) is 1.62. The highest BCUT2D eigenvalue weighted by Crippen LogP contribution is 2.32. The molecule has 1 saturated heterocycles. The largest absolute Gasteiger partial charge is 0.494 e. The second kappa shape index (κ2) is 12.1.